The Morgan fingerprint density at radius 2 is 2.17 bits per heavy atom. The van der Waals surface area contributed by atoms with E-state index >= 15 is 0 Å². The fourth-order valence-electron chi connectivity index (χ4n) is 4.90. The van der Waals surface area contributed by atoms with Crippen molar-refractivity contribution in [3.05, 3.63) is 47.3 Å². The van der Waals surface area contributed by atoms with E-state index < -0.39 is 12.0 Å². The second-order valence-corrected chi connectivity index (χ2v) is 9.38. The average molecular weight is 482 g/mol. The number of likely N-dealkylation sites (tertiary alicyclic amines) is 1. The molecule has 1 amide bonds. The highest BCUT2D eigenvalue weighted by Gasteiger charge is 2.28. The number of aliphatic carboxylic acids is 1. The van der Waals surface area contributed by atoms with Crippen LogP contribution in [0.25, 0.3) is 0 Å². The van der Waals surface area contributed by atoms with Gasteiger partial charge < -0.3 is 25.4 Å². The summed E-state index contributed by atoms with van der Waals surface area (Å²) in [6.45, 7) is 3.56. The molecule has 0 unspecified atom stereocenters. The Balaban J connectivity index is 1.29. The van der Waals surface area contributed by atoms with Crippen molar-refractivity contribution < 1.29 is 19.4 Å². The maximum absolute atomic E-state index is 13.1. The van der Waals surface area contributed by atoms with Crippen LogP contribution in [0.15, 0.2) is 30.5 Å². The number of hydrogen-bond acceptors (Lipinski definition) is 7. The molecule has 35 heavy (non-hydrogen) atoms. The number of fused-ring (bicyclic) bond motifs is 1. The summed E-state index contributed by atoms with van der Waals surface area (Å²) in [4.78, 5) is 35.8. The number of rotatable bonds is 10. The molecular formula is C26H35N5O4. The number of amides is 1. The van der Waals surface area contributed by atoms with Crippen molar-refractivity contribution in [1.29, 1.82) is 0 Å². The molecule has 2 aromatic heterocycles. The van der Waals surface area contributed by atoms with Gasteiger partial charge in [-0.2, -0.15) is 0 Å². The number of aromatic nitrogens is 2. The standard InChI is InChI=1S/C26H35N5O4/c1-35-23-11-9-19(16-28-23)22(15-24(32)33)30-26(34)20-6-3-13-31(17-20)14-4-7-21-10-8-18-5-2-12-27-25(18)29-21/h8-11,16,20,22H,2-7,12-15,17H2,1H3,(H,27,29)(H,30,34)(H,32,33)/t20-,22+/m1/s1. The van der Waals surface area contributed by atoms with E-state index in [9.17, 15) is 14.7 Å². The lowest BCUT2D eigenvalue weighted by Crippen LogP contribution is -2.44. The molecule has 0 aromatic carbocycles. The lowest BCUT2D eigenvalue weighted by atomic mass is 9.95. The number of carboxylic acid groups (broad SMARTS) is 1. The Hall–Kier alpha value is -3.20. The van der Waals surface area contributed by atoms with Gasteiger partial charge in [-0.3, -0.25) is 9.59 Å². The third kappa shape index (κ3) is 6.91. The predicted octanol–water partition coefficient (Wildman–Crippen LogP) is 2.82. The number of carbonyl (C=O) groups excluding carboxylic acids is 1. The van der Waals surface area contributed by atoms with Gasteiger partial charge in [0.05, 0.1) is 25.5 Å². The van der Waals surface area contributed by atoms with Crippen molar-refractivity contribution in [2.24, 2.45) is 5.92 Å². The molecule has 2 atom stereocenters. The van der Waals surface area contributed by atoms with Gasteiger partial charge in [0.25, 0.3) is 0 Å². The van der Waals surface area contributed by atoms with E-state index in [1.165, 1.54) is 12.7 Å². The van der Waals surface area contributed by atoms with Gasteiger partial charge in [-0.1, -0.05) is 12.1 Å². The van der Waals surface area contributed by atoms with Crippen LogP contribution < -0.4 is 15.4 Å². The number of methoxy groups -OCH3 is 1. The van der Waals surface area contributed by atoms with Crippen molar-refractivity contribution in [2.45, 2.75) is 51.0 Å². The number of aryl methyl sites for hydroxylation is 2. The van der Waals surface area contributed by atoms with Crippen LogP contribution in [-0.4, -0.2) is 65.1 Å². The van der Waals surface area contributed by atoms with Crippen molar-refractivity contribution in [1.82, 2.24) is 20.2 Å². The van der Waals surface area contributed by atoms with E-state index in [1.807, 2.05) is 0 Å². The first-order valence-electron chi connectivity index (χ1n) is 12.5. The van der Waals surface area contributed by atoms with Gasteiger partial charge in [0, 0.05) is 31.0 Å². The minimum atomic E-state index is -0.970. The van der Waals surface area contributed by atoms with Crippen LogP contribution in [0.1, 0.15) is 55.0 Å². The van der Waals surface area contributed by atoms with Crippen LogP contribution in [0, 0.1) is 5.92 Å². The average Bonchev–Trinajstić information content (AvgIpc) is 2.88. The minimum Gasteiger partial charge on any atom is -0.481 e. The number of pyridine rings is 2. The van der Waals surface area contributed by atoms with Gasteiger partial charge in [0.1, 0.15) is 5.82 Å². The van der Waals surface area contributed by atoms with Crippen molar-refractivity contribution >= 4 is 17.7 Å². The van der Waals surface area contributed by atoms with E-state index in [4.69, 9.17) is 9.72 Å². The normalized spacial score (nSPS) is 18.7. The Kier molecular flexibility index (Phi) is 8.52. The zero-order valence-corrected chi connectivity index (χ0v) is 20.3. The van der Waals surface area contributed by atoms with Crippen LogP contribution >= 0.6 is 0 Å². The number of carboxylic acids is 1. The number of anilines is 1. The highest BCUT2D eigenvalue weighted by atomic mass is 16.5. The predicted molar refractivity (Wildman–Crippen MR) is 132 cm³/mol. The maximum Gasteiger partial charge on any atom is 0.305 e. The summed E-state index contributed by atoms with van der Waals surface area (Å²) < 4.78 is 5.08. The van der Waals surface area contributed by atoms with Gasteiger partial charge >= 0.3 is 5.97 Å². The second kappa shape index (κ2) is 12.0. The molecule has 3 N–H and O–H groups in total. The first-order chi connectivity index (χ1) is 17.0. The van der Waals surface area contributed by atoms with Gasteiger partial charge in [-0.05, 0) is 68.8 Å². The van der Waals surface area contributed by atoms with Gasteiger partial charge in [-0.25, -0.2) is 9.97 Å². The molecule has 0 aliphatic carbocycles. The van der Waals surface area contributed by atoms with Crippen molar-refractivity contribution in [3.63, 3.8) is 0 Å². The SMILES string of the molecule is COc1ccc([C@H](CC(=O)O)NC(=O)[C@@H]2CCCN(CCCc3ccc4c(n3)NCCC4)C2)cn1. The van der Waals surface area contributed by atoms with Crippen molar-refractivity contribution in [3.8, 4) is 5.88 Å². The van der Waals surface area contributed by atoms with E-state index in [1.54, 1.807) is 18.3 Å². The fraction of sp³-hybridized carbons (Fsp3) is 0.538. The molecule has 1 saturated heterocycles. The van der Waals surface area contributed by atoms with Crippen LogP contribution in [0.4, 0.5) is 5.82 Å². The molecule has 0 bridgehead atoms. The smallest absolute Gasteiger partial charge is 0.305 e. The van der Waals surface area contributed by atoms with Gasteiger partial charge in [0.2, 0.25) is 11.8 Å². The molecule has 1 fully saturated rings. The van der Waals surface area contributed by atoms with Gasteiger partial charge in [-0.15, -0.1) is 0 Å². The van der Waals surface area contributed by atoms with Crippen molar-refractivity contribution in [2.75, 3.05) is 38.6 Å². The maximum atomic E-state index is 13.1. The van der Waals surface area contributed by atoms with E-state index in [2.05, 4.69) is 32.7 Å². The number of nitrogens with zero attached hydrogens (tertiary/aromatic N) is 3. The molecule has 188 valence electrons. The van der Waals surface area contributed by atoms with Crippen LogP contribution in [0.2, 0.25) is 0 Å². The summed E-state index contributed by atoms with van der Waals surface area (Å²) in [5, 5.41) is 15.7. The molecule has 2 aliphatic heterocycles. The highest BCUT2D eigenvalue weighted by Crippen LogP contribution is 2.23. The van der Waals surface area contributed by atoms with Crippen LogP contribution in [0.5, 0.6) is 5.88 Å². The first-order valence-corrected chi connectivity index (χ1v) is 12.5. The molecular weight excluding hydrogens is 446 g/mol. The summed E-state index contributed by atoms with van der Waals surface area (Å²) in [5.74, 6) is 0.254. The first kappa shape index (κ1) is 24.9. The summed E-state index contributed by atoms with van der Waals surface area (Å²) in [6.07, 6.45) is 7.27. The minimum absolute atomic E-state index is 0.0980. The topological polar surface area (TPSA) is 117 Å². The number of ether oxygens (including phenoxy) is 1. The summed E-state index contributed by atoms with van der Waals surface area (Å²) in [7, 11) is 1.52. The third-order valence-electron chi connectivity index (χ3n) is 6.80. The Morgan fingerprint density at radius 1 is 1.29 bits per heavy atom. The molecule has 4 rings (SSSR count). The Labute approximate surface area is 206 Å². The number of hydrogen-bond donors (Lipinski definition) is 3. The largest absolute Gasteiger partial charge is 0.481 e. The Bertz CT molecular complexity index is 1010. The lowest BCUT2D eigenvalue weighted by Gasteiger charge is -2.32. The number of nitrogens with one attached hydrogen (secondary N) is 2. The third-order valence-corrected chi connectivity index (χ3v) is 6.80. The molecule has 0 saturated carbocycles. The molecule has 0 spiro atoms. The second-order valence-electron chi connectivity index (χ2n) is 9.38. The van der Waals surface area contributed by atoms with Crippen LogP contribution in [-0.2, 0) is 22.4 Å². The summed E-state index contributed by atoms with van der Waals surface area (Å²) in [6, 6.07) is 7.12. The number of piperidine rings is 1. The van der Waals surface area contributed by atoms with Crippen LogP contribution in [0.3, 0.4) is 0 Å². The molecule has 9 heteroatoms. The molecule has 2 aromatic rings. The van der Waals surface area contributed by atoms with E-state index in [0.717, 1.165) is 69.7 Å². The summed E-state index contributed by atoms with van der Waals surface area (Å²) in [5.41, 5.74) is 3.06. The van der Waals surface area contributed by atoms with Gasteiger partial charge in [0.15, 0.2) is 0 Å². The molecule has 9 nitrogen and oxygen atoms in total. The number of carbonyl (C=O) groups is 2. The quantitative estimate of drug-likeness (QED) is 0.474. The van der Waals surface area contributed by atoms with E-state index in [0.29, 0.717) is 18.0 Å². The molecule has 0 radical (unpaired) electrons. The Morgan fingerprint density at radius 3 is 2.94 bits per heavy atom. The zero-order chi connectivity index (χ0) is 24.6. The monoisotopic (exact) mass is 481 g/mol. The molecule has 2 aliphatic rings. The summed E-state index contributed by atoms with van der Waals surface area (Å²) >= 11 is 0. The lowest BCUT2D eigenvalue weighted by molar-refractivity contribution is -0.138. The fourth-order valence-corrected chi connectivity index (χ4v) is 4.90. The molecule has 4 heterocycles. The van der Waals surface area contributed by atoms with E-state index in [-0.39, 0.29) is 18.2 Å². The zero-order valence-electron chi connectivity index (χ0n) is 20.3. The highest BCUT2D eigenvalue weighted by molar-refractivity contribution is 5.80.